The molecule has 3 aromatic rings. The number of hydrazine groups is 1. The summed E-state index contributed by atoms with van der Waals surface area (Å²) in [5, 5.41) is 8.68. The van der Waals surface area contributed by atoms with Crippen molar-refractivity contribution < 1.29 is 4.79 Å². The van der Waals surface area contributed by atoms with Crippen LogP contribution in [0.1, 0.15) is 42.3 Å². The number of amides is 1. The van der Waals surface area contributed by atoms with Gasteiger partial charge >= 0.3 is 0 Å². The molecule has 0 fully saturated rings. The van der Waals surface area contributed by atoms with Gasteiger partial charge in [-0.1, -0.05) is 68.4 Å². The van der Waals surface area contributed by atoms with Gasteiger partial charge < -0.3 is 16.5 Å². The second-order valence-electron chi connectivity index (χ2n) is 6.85. The second-order valence-corrected chi connectivity index (χ2v) is 6.85. The quantitative estimate of drug-likeness (QED) is 0.146. The van der Waals surface area contributed by atoms with Gasteiger partial charge in [0.2, 0.25) is 0 Å². The molecule has 0 unspecified atom stereocenters. The second kappa shape index (κ2) is 12.8. The minimum absolute atomic E-state index is 0.216. The minimum Gasteiger partial charge on any atom is -0.397 e. The molecular formula is C25H32N6O. The third-order valence-electron chi connectivity index (χ3n) is 4.56. The molecule has 7 nitrogen and oxygen atoms in total. The summed E-state index contributed by atoms with van der Waals surface area (Å²) in [6, 6.07) is 24.4. The molecular weight excluding hydrogens is 400 g/mol. The molecule has 0 aliphatic heterocycles. The summed E-state index contributed by atoms with van der Waals surface area (Å²) in [6.45, 7) is 6.93. The Hall–Kier alpha value is -3.84. The summed E-state index contributed by atoms with van der Waals surface area (Å²) in [4.78, 5) is 12.4. The molecule has 0 saturated heterocycles. The first-order chi connectivity index (χ1) is 15.5. The standard InChI is InChI=1S/C23H26N6O.C2H6/c1-17(28-26-15-18-7-3-2-4-8-18)29(25)16-19-11-13-20(14-12-19)23(30)27-22-10-6-5-9-21(22)24;1-2/h2-14,26H,15-16,24-25H2,1H3,(H,27,30);1-2H3/b28-17+;. The Labute approximate surface area is 190 Å². The molecule has 0 aliphatic rings. The Bertz CT molecular complexity index is 1000. The molecule has 7 heteroatoms. The zero-order chi connectivity index (χ0) is 23.3. The lowest BCUT2D eigenvalue weighted by molar-refractivity contribution is 0.102. The van der Waals surface area contributed by atoms with Crippen LogP contribution in [0.15, 0.2) is 84.0 Å². The van der Waals surface area contributed by atoms with Crippen molar-refractivity contribution in [1.29, 1.82) is 0 Å². The third kappa shape index (κ3) is 7.45. The van der Waals surface area contributed by atoms with Crippen LogP contribution in [0.3, 0.4) is 0 Å². The van der Waals surface area contributed by atoms with E-state index in [9.17, 15) is 4.79 Å². The summed E-state index contributed by atoms with van der Waals surface area (Å²) in [6.07, 6.45) is 0. The lowest BCUT2D eigenvalue weighted by Crippen LogP contribution is -2.36. The number of amidine groups is 1. The molecule has 0 saturated carbocycles. The maximum Gasteiger partial charge on any atom is 0.255 e. The summed E-state index contributed by atoms with van der Waals surface area (Å²) in [5.74, 6) is 6.56. The zero-order valence-corrected chi connectivity index (χ0v) is 18.9. The van der Waals surface area contributed by atoms with Crippen LogP contribution in [0.4, 0.5) is 11.4 Å². The Morgan fingerprint density at radius 3 is 2.19 bits per heavy atom. The van der Waals surface area contributed by atoms with E-state index in [0.29, 0.717) is 35.9 Å². The number of nitrogen functional groups attached to an aromatic ring is 1. The lowest BCUT2D eigenvalue weighted by Gasteiger charge is -2.18. The summed E-state index contributed by atoms with van der Waals surface area (Å²) < 4.78 is 0. The molecule has 6 N–H and O–H groups in total. The van der Waals surface area contributed by atoms with Gasteiger partial charge in [0, 0.05) is 5.56 Å². The van der Waals surface area contributed by atoms with Gasteiger partial charge in [-0.25, -0.2) is 5.84 Å². The smallest absolute Gasteiger partial charge is 0.255 e. The first-order valence-electron chi connectivity index (χ1n) is 10.6. The molecule has 3 aromatic carbocycles. The predicted octanol–water partition coefficient (Wildman–Crippen LogP) is 4.35. The number of benzene rings is 3. The fourth-order valence-corrected chi connectivity index (χ4v) is 2.78. The van der Waals surface area contributed by atoms with Crippen molar-refractivity contribution in [3.05, 3.63) is 95.6 Å². The van der Waals surface area contributed by atoms with Crippen LogP contribution in [0.5, 0.6) is 0 Å². The van der Waals surface area contributed by atoms with Crippen LogP contribution in [-0.4, -0.2) is 16.8 Å². The number of anilines is 2. The van der Waals surface area contributed by atoms with Crippen molar-refractivity contribution in [1.82, 2.24) is 10.4 Å². The van der Waals surface area contributed by atoms with Crippen molar-refractivity contribution >= 4 is 23.1 Å². The Balaban J connectivity index is 0.00000176. The van der Waals surface area contributed by atoms with E-state index >= 15 is 0 Å². The number of nitrogens with two attached hydrogens (primary N) is 2. The fourth-order valence-electron chi connectivity index (χ4n) is 2.78. The SMILES string of the molecule is C/C(=N\NCc1ccccc1)N(N)Cc1ccc(C(=O)Nc2ccccc2N)cc1.CC. The number of para-hydroxylation sites is 2. The van der Waals surface area contributed by atoms with Crippen molar-refractivity contribution in [2.75, 3.05) is 11.1 Å². The summed E-state index contributed by atoms with van der Waals surface area (Å²) in [7, 11) is 0. The average Bonchev–Trinajstić information content (AvgIpc) is 2.83. The lowest BCUT2D eigenvalue weighted by atomic mass is 10.1. The number of nitrogens with one attached hydrogen (secondary N) is 2. The molecule has 0 atom stereocenters. The number of carbonyl (C=O) groups excluding carboxylic acids is 1. The number of carbonyl (C=O) groups is 1. The van der Waals surface area contributed by atoms with E-state index in [2.05, 4.69) is 15.8 Å². The van der Waals surface area contributed by atoms with Crippen molar-refractivity contribution in [3.63, 3.8) is 0 Å². The van der Waals surface area contributed by atoms with E-state index in [1.54, 1.807) is 29.3 Å². The normalized spacial score (nSPS) is 10.6. The van der Waals surface area contributed by atoms with Gasteiger partial charge in [-0.3, -0.25) is 9.80 Å². The number of hydrogen-bond donors (Lipinski definition) is 4. The Morgan fingerprint density at radius 1 is 0.906 bits per heavy atom. The van der Waals surface area contributed by atoms with Crippen molar-refractivity contribution in [2.45, 2.75) is 33.9 Å². The molecule has 0 aliphatic carbocycles. The van der Waals surface area contributed by atoms with E-state index in [-0.39, 0.29) is 5.91 Å². The van der Waals surface area contributed by atoms with E-state index in [1.807, 2.05) is 75.4 Å². The molecule has 3 rings (SSSR count). The Kier molecular flexibility index (Phi) is 9.74. The molecule has 0 radical (unpaired) electrons. The van der Waals surface area contributed by atoms with E-state index in [4.69, 9.17) is 11.6 Å². The maximum atomic E-state index is 12.4. The molecule has 168 valence electrons. The maximum absolute atomic E-state index is 12.4. The van der Waals surface area contributed by atoms with Gasteiger partial charge in [0.05, 0.1) is 24.5 Å². The third-order valence-corrected chi connectivity index (χ3v) is 4.56. The largest absolute Gasteiger partial charge is 0.397 e. The molecule has 0 spiro atoms. The van der Waals surface area contributed by atoms with Gasteiger partial charge in [0.25, 0.3) is 5.91 Å². The number of rotatable bonds is 7. The molecule has 0 aromatic heterocycles. The number of hydrogen-bond acceptors (Lipinski definition) is 5. The highest BCUT2D eigenvalue weighted by Gasteiger charge is 2.09. The van der Waals surface area contributed by atoms with Gasteiger partial charge in [-0.2, -0.15) is 5.10 Å². The molecule has 32 heavy (non-hydrogen) atoms. The number of nitrogens with zero attached hydrogens (tertiary/aromatic N) is 2. The van der Waals surface area contributed by atoms with Crippen LogP contribution in [0.25, 0.3) is 0 Å². The van der Waals surface area contributed by atoms with Crippen LogP contribution in [0, 0.1) is 0 Å². The van der Waals surface area contributed by atoms with Gasteiger partial charge in [0.1, 0.15) is 5.84 Å². The van der Waals surface area contributed by atoms with Crippen molar-refractivity contribution in [2.24, 2.45) is 10.9 Å². The van der Waals surface area contributed by atoms with E-state index < -0.39 is 0 Å². The molecule has 0 bridgehead atoms. The van der Waals surface area contributed by atoms with Gasteiger partial charge in [-0.15, -0.1) is 0 Å². The number of hydrazone groups is 1. The zero-order valence-electron chi connectivity index (χ0n) is 18.9. The van der Waals surface area contributed by atoms with Gasteiger partial charge in [0.15, 0.2) is 0 Å². The highest BCUT2D eigenvalue weighted by Crippen LogP contribution is 2.18. The van der Waals surface area contributed by atoms with Crippen LogP contribution >= 0.6 is 0 Å². The topological polar surface area (TPSA) is 109 Å². The minimum atomic E-state index is -0.216. The summed E-state index contributed by atoms with van der Waals surface area (Å²) in [5.41, 5.74) is 12.7. The first kappa shape index (κ1) is 24.4. The molecule has 1 amide bonds. The van der Waals surface area contributed by atoms with Gasteiger partial charge in [-0.05, 0) is 42.3 Å². The van der Waals surface area contributed by atoms with E-state index in [1.165, 1.54) is 0 Å². The van der Waals surface area contributed by atoms with Crippen LogP contribution in [0.2, 0.25) is 0 Å². The highest BCUT2D eigenvalue weighted by atomic mass is 16.1. The first-order valence-corrected chi connectivity index (χ1v) is 10.6. The molecule has 0 heterocycles. The fraction of sp³-hybridized carbons (Fsp3) is 0.200. The van der Waals surface area contributed by atoms with Crippen LogP contribution < -0.4 is 22.3 Å². The average molecular weight is 433 g/mol. The predicted molar refractivity (Wildman–Crippen MR) is 133 cm³/mol. The van der Waals surface area contributed by atoms with E-state index in [0.717, 1.165) is 11.1 Å². The van der Waals surface area contributed by atoms with Crippen molar-refractivity contribution in [3.8, 4) is 0 Å². The van der Waals surface area contributed by atoms with Crippen LogP contribution in [-0.2, 0) is 13.1 Å². The highest BCUT2D eigenvalue weighted by molar-refractivity contribution is 6.05. The summed E-state index contributed by atoms with van der Waals surface area (Å²) >= 11 is 0. The Morgan fingerprint density at radius 2 is 1.53 bits per heavy atom. The monoisotopic (exact) mass is 432 g/mol.